The van der Waals surface area contributed by atoms with Gasteiger partial charge in [-0.1, -0.05) is 24.3 Å². The lowest BCUT2D eigenvalue weighted by Crippen LogP contribution is -2.37. The van der Waals surface area contributed by atoms with Crippen LogP contribution in [-0.2, 0) is 13.0 Å². The number of nitrogens with one attached hydrogen (secondary N) is 1. The molecular formula is C19H19N3O5. The molecule has 0 radical (unpaired) electrons. The van der Waals surface area contributed by atoms with E-state index in [4.69, 9.17) is 5.11 Å². The van der Waals surface area contributed by atoms with Gasteiger partial charge in [0.25, 0.3) is 11.6 Å². The highest BCUT2D eigenvalue weighted by Crippen LogP contribution is 2.19. The van der Waals surface area contributed by atoms with Gasteiger partial charge in [0.05, 0.1) is 10.5 Å². The lowest BCUT2D eigenvalue weighted by atomic mass is 10.00. The second kappa shape index (κ2) is 7.96. The van der Waals surface area contributed by atoms with Gasteiger partial charge >= 0.3 is 5.97 Å². The van der Waals surface area contributed by atoms with E-state index in [-0.39, 0.29) is 11.1 Å². The van der Waals surface area contributed by atoms with Crippen LogP contribution >= 0.6 is 0 Å². The summed E-state index contributed by atoms with van der Waals surface area (Å²) in [5.74, 6) is -1.85. The van der Waals surface area contributed by atoms with Crippen molar-refractivity contribution in [3.63, 3.8) is 0 Å². The Labute approximate surface area is 155 Å². The number of benzene rings is 2. The van der Waals surface area contributed by atoms with Crippen molar-refractivity contribution in [2.75, 3.05) is 19.6 Å². The minimum atomic E-state index is -1.32. The first-order chi connectivity index (χ1) is 12.9. The van der Waals surface area contributed by atoms with Crippen LogP contribution < -0.4 is 5.32 Å². The fourth-order valence-electron chi connectivity index (χ4n) is 3.15. The van der Waals surface area contributed by atoms with E-state index in [1.54, 1.807) is 0 Å². The Bertz CT molecular complexity index is 864. The molecule has 0 unspecified atom stereocenters. The van der Waals surface area contributed by atoms with Crippen molar-refractivity contribution in [1.82, 2.24) is 10.2 Å². The van der Waals surface area contributed by atoms with Crippen molar-refractivity contribution in [2.45, 2.75) is 13.0 Å². The smallest absolute Gasteiger partial charge is 0.335 e. The fourth-order valence-corrected chi connectivity index (χ4v) is 3.15. The van der Waals surface area contributed by atoms with Gasteiger partial charge in [-0.2, -0.15) is 0 Å². The monoisotopic (exact) mass is 369 g/mol. The van der Waals surface area contributed by atoms with Crippen molar-refractivity contribution < 1.29 is 19.6 Å². The summed E-state index contributed by atoms with van der Waals surface area (Å²) in [5, 5.41) is 22.7. The number of nitrogens with zero attached hydrogens (tertiary/aromatic N) is 2. The average molecular weight is 369 g/mol. The molecule has 1 aliphatic heterocycles. The number of nitro benzene ring substituents is 1. The van der Waals surface area contributed by atoms with Crippen LogP contribution in [0.25, 0.3) is 0 Å². The third-order valence-corrected chi connectivity index (χ3v) is 4.56. The maximum atomic E-state index is 12.3. The molecule has 1 aliphatic rings. The Balaban J connectivity index is 1.60. The molecule has 140 valence electrons. The Morgan fingerprint density at radius 1 is 1.15 bits per heavy atom. The zero-order valence-electron chi connectivity index (χ0n) is 14.6. The summed E-state index contributed by atoms with van der Waals surface area (Å²) in [6.07, 6.45) is 0.955. The molecule has 0 spiro atoms. The molecule has 1 amide bonds. The molecule has 2 aromatic rings. The van der Waals surface area contributed by atoms with Crippen molar-refractivity contribution in [1.29, 1.82) is 0 Å². The molecule has 27 heavy (non-hydrogen) atoms. The number of carbonyl (C=O) groups excluding carboxylic acids is 1. The summed E-state index contributed by atoms with van der Waals surface area (Å²) in [6.45, 7) is 2.71. The number of aromatic carboxylic acids is 1. The first kappa shape index (κ1) is 18.5. The standard InChI is InChI=1S/C19H19N3O5/c23-18(15-9-16(19(24)25)11-17(10-15)22(26)27)20-6-8-21-7-5-13-3-1-2-4-14(13)12-21/h1-4,9-11H,5-8,12H2,(H,20,23)(H,24,25). The summed E-state index contributed by atoms with van der Waals surface area (Å²) in [5.41, 5.74) is 1.87. The highest BCUT2D eigenvalue weighted by molar-refractivity contribution is 5.98. The van der Waals surface area contributed by atoms with Crippen LogP contribution in [-0.4, -0.2) is 46.4 Å². The average Bonchev–Trinajstić information content (AvgIpc) is 2.67. The van der Waals surface area contributed by atoms with Crippen molar-refractivity contribution in [3.05, 3.63) is 74.8 Å². The number of hydrogen-bond donors (Lipinski definition) is 2. The molecule has 0 bridgehead atoms. The van der Waals surface area contributed by atoms with Crippen LogP contribution in [0.1, 0.15) is 31.8 Å². The van der Waals surface area contributed by atoms with Crippen molar-refractivity contribution in [2.24, 2.45) is 0 Å². The first-order valence-corrected chi connectivity index (χ1v) is 8.54. The molecule has 8 nitrogen and oxygen atoms in total. The lowest BCUT2D eigenvalue weighted by molar-refractivity contribution is -0.384. The lowest BCUT2D eigenvalue weighted by Gasteiger charge is -2.28. The topological polar surface area (TPSA) is 113 Å². The van der Waals surface area contributed by atoms with Crippen LogP contribution in [0.4, 0.5) is 5.69 Å². The first-order valence-electron chi connectivity index (χ1n) is 8.54. The number of amides is 1. The molecule has 2 N–H and O–H groups in total. The third kappa shape index (κ3) is 4.48. The van der Waals surface area contributed by atoms with E-state index in [2.05, 4.69) is 22.3 Å². The molecular weight excluding hydrogens is 350 g/mol. The van der Waals surface area contributed by atoms with Crippen LogP contribution in [0.2, 0.25) is 0 Å². The van der Waals surface area contributed by atoms with E-state index in [0.29, 0.717) is 13.1 Å². The highest BCUT2D eigenvalue weighted by atomic mass is 16.6. The van der Waals surface area contributed by atoms with Gasteiger partial charge < -0.3 is 10.4 Å². The fraction of sp³-hybridized carbons (Fsp3) is 0.263. The number of carboxylic acid groups (broad SMARTS) is 1. The van der Waals surface area contributed by atoms with E-state index < -0.39 is 22.5 Å². The summed E-state index contributed by atoms with van der Waals surface area (Å²) in [6, 6.07) is 11.4. The van der Waals surface area contributed by atoms with Gasteiger partial charge in [-0.05, 0) is 23.6 Å². The van der Waals surface area contributed by atoms with Crippen LogP contribution in [0.15, 0.2) is 42.5 Å². The molecule has 8 heteroatoms. The van der Waals surface area contributed by atoms with E-state index in [0.717, 1.165) is 37.7 Å². The molecule has 3 rings (SSSR count). The predicted octanol–water partition coefficient (Wildman–Crippen LogP) is 2.08. The third-order valence-electron chi connectivity index (χ3n) is 4.56. The van der Waals surface area contributed by atoms with Crippen molar-refractivity contribution >= 4 is 17.6 Å². The summed E-state index contributed by atoms with van der Waals surface area (Å²) >= 11 is 0. The zero-order chi connectivity index (χ0) is 19.4. The quantitative estimate of drug-likeness (QED) is 0.595. The molecule has 0 fully saturated rings. The Morgan fingerprint density at radius 2 is 1.85 bits per heavy atom. The molecule has 0 aliphatic carbocycles. The van der Waals surface area contributed by atoms with Gasteiger partial charge in [-0.25, -0.2) is 4.79 Å². The largest absolute Gasteiger partial charge is 0.478 e. The van der Waals surface area contributed by atoms with Crippen molar-refractivity contribution in [3.8, 4) is 0 Å². The van der Waals surface area contributed by atoms with Crippen LogP contribution in [0, 0.1) is 10.1 Å². The van der Waals surface area contributed by atoms with E-state index >= 15 is 0 Å². The maximum Gasteiger partial charge on any atom is 0.335 e. The summed E-state index contributed by atoms with van der Waals surface area (Å²) < 4.78 is 0. The highest BCUT2D eigenvalue weighted by Gasteiger charge is 2.18. The normalized spacial score (nSPS) is 13.6. The number of carbonyl (C=O) groups is 2. The Kier molecular flexibility index (Phi) is 5.46. The molecule has 1 heterocycles. The number of rotatable bonds is 6. The number of nitro groups is 1. The second-order valence-corrected chi connectivity index (χ2v) is 6.38. The molecule has 0 aromatic heterocycles. The number of hydrogen-bond acceptors (Lipinski definition) is 5. The zero-order valence-corrected chi connectivity index (χ0v) is 14.6. The number of fused-ring (bicyclic) bond motifs is 1. The number of carboxylic acids is 1. The van der Waals surface area contributed by atoms with Gasteiger partial charge in [-0.3, -0.25) is 19.8 Å². The Morgan fingerprint density at radius 3 is 2.56 bits per heavy atom. The van der Waals surface area contributed by atoms with Crippen LogP contribution in [0.3, 0.4) is 0 Å². The minimum absolute atomic E-state index is 0.0365. The number of non-ortho nitro benzene ring substituents is 1. The molecule has 0 saturated carbocycles. The Hall–Kier alpha value is -3.26. The minimum Gasteiger partial charge on any atom is -0.478 e. The van der Waals surface area contributed by atoms with Gasteiger partial charge in [-0.15, -0.1) is 0 Å². The van der Waals surface area contributed by atoms with Gasteiger partial charge in [0.1, 0.15) is 0 Å². The SMILES string of the molecule is O=C(O)c1cc(C(=O)NCCN2CCc3ccccc3C2)cc([N+](=O)[O-])c1. The molecule has 0 atom stereocenters. The molecule has 2 aromatic carbocycles. The van der Waals surface area contributed by atoms with E-state index in [1.807, 2.05) is 12.1 Å². The molecule has 0 saturated heterocycles. The second-order valence-electron chi connectivity index (χ2n) is 6.38. The summed E-state index contributed by atoms with van der Waals surface area (Å²) in [4.78, 5) is 35.9. The van der Waals surface area contributed by atoms with Gasteiger partial charge in [0, 0.05) is 43.9 Å². The predicted molar refractivity (Wildman–Crippen MR) is 97.8 cm³/mol. The van der Waals surface area contributed by atoms with Gasteiger partial charge in [0.2, 0.25) is 0 Å². The summed E-state index contributed by atoms with van der Waals surface area (Å²) in [7, 11) is 0. The van der Waals surface area contributed by atoms with E-state index in [9.17, 15) is 19.7 Å². The van der Waals surface area contributed by atoms with Gasteiger partial charge in [0.15, 0.2) is 0 Å². The van der Waals surface area contributed by atoms with Crippen LogP contribution in [0.5, 0.6) is 0 Å². The maximum absolute atomic E-state index is 12.3. The van der Waals surface area contributed by atoms with E-state index in [1.165, 1.54) is 11.1 Å².